The molecule has 0 aliphatic rings. The Bertz CT molecular complexity index is 1140. The summed E-state index contributed by atoms with van der Waals surface area (Å²) >= 11 is 0. The molecule has 3 N–H and O–H groups in total. The topological polar surface area (TPSA) is 99.1 Å². The molecule has 31 heavy (non-hydrogen) atoms. The second kappa shape index (κ2) is 9.21. The Morgan fingerprint density at radius 2 is 1.94 bits per heavy atom. The van der Waals surface area contributed by atoms with Crippen molar-refractivity contribution >= 4 is 28.4 Å². The molecule has 0 bridgehead atoms. The number of nitriles is 1. The minimum Gasteiger partial charge on any atom is -0.497 e. The number of nitrogens with one attached hydrogen (secondary N) is 3. The summed E-state index contributed by atoms with van der Waals surface area (Å²) < 4.78 is 44.1. The molecule has 0 fully saturated rings. The number of halogens is 3. The maximum atomic E-state index is 13.0. The molecule has 3 aromatic rings. The number of carbonyl (C=O) groups is 1. The Balaban J connectivity index is 1.59. The largest absolute Gasteiger partial charge is 0.497 e. The summed E-state index contributed by atoms with van der Waals surface area (Å²) in [6.45, 7) is 0.297. The predicted octanol–water partition coefficient (Wildman–Crippen LogP) is 4.37. The Morgan fingerprint density at radius 3 is 2.65 bits per heavy atom. The molecule has 0 saturated carbocycles. The summed E-state index contributed by atoms with van der Waals surface area (Å²) in [5.41, 5.74) is -0.307. The van der Waals surface area contributed by atoms with Crippen molar-refractivity contribution < 1.29 is 22.7 Å². The number of amides is 2. The van der Waals surface area contributed by atoms with Crippen molar-refractivity contribution in [2.75, 3.05) is 30.8 Å². The lowest BCUT2D eigenvalue weighted by molar-refractivity contribution is -0.136. The van der Waals surface area contributed by atoms with Gasteiger partial charge in [0.25, 0.3) is 0 Å². The molecular formula is C21H18F3N5O2. The van der Waals surface area contributed by atoms with Crippen molar-refractivity contribution in [3.05, 3.63) is 59.7 Å². The lowest BCUT2D eigenvalue weighted by Gasteiger charge is -2.14. The molecule has 10 heteroatoms. The van der Waals surface area contributed by atoms with Gasteiger partial charge in [0, 0.05) is 18.5 Å². The van der Waals surface area contributed by atoms with E-state index in [1.807, 2.05) is 0 Å². The highest BCUT2D eigenvalue weighted by molar-refractivity contribution is 5.90. The number of carbonyl (C=O) groups excluding carboxylic acids is 1. The van der Waals surface area contributed by atoms with Gasteiger partial charge in [-0.3, -0.25) is 0 Å². The van der Waals surface area contributed by atoms with Gasteiger partial charge in [0.05, 0.1) is 29.4 Å². The van der Waals surface area contributed by atoms with E-state index in [-0.39, 0.29) is 18.8 Å². The van der Waals surface area contributed by atoms with E-state index in [4.69, 9.17) is 4.74 Å². The molecule has 2 aromatic carbocycles. The summed E-state index contributed by atoms with van der Waals surface area (Å²) in [4.78, 5) is 16.4. The first-order valence-corrected chi connectivity index (χ1v) is 9.15. The molecule has 1 aromatic heterocycles. The van der Waals surface area contributed by atoms with Crippen molar-refractivity contribution in [3.63, 3.8) is 0 Å². The van der Waals surface area contributed by atoms with Gasteiger partial charge in [0.2, 0.25) is 0 Å². The van der Waals surface area contributed by atoms with Crippen LogP contribution in [0.4, 0.5) is 29.5 Å². The van der Waals surface area contributed by atoms with Crippen molar-refractivity contribution in [1.29, 1.82) is 5.26 Å². The molecule has 160 valence electrons. The van der Waals surface area contributed by atoms with E-state index >= 15 is 0 Å². The number of hydrogen-bond donors (Lipinski definition) is 3. The number of fused-ring (bicyclic) bond motifs is 1. The molecule has 0 atom stereocenters. The quantitative estimate of drug-likeness (QED) is 0.506. The van der Waals surface area contributed by atoms with E-state index in [9.17, 15) is 23.2 Å². The van der Waals surface area contributed by atoms with Crippen molar-refractivity contribution in [2.24, 2.45) is 0 Å². The number of aromatic nitrogens is 1. The van der Waals surface area contributed by atoms with E-state index < -0.39 is 17.8 Å². The molecule has 0 radical (unpaired) electrons. The molecule has 3 rings (SSSR count). The predicted molar refractivity (Wildman–Crippen MR) is 110 cm³/mol. The fraction of sp³-hybridized carbons (Fsp3) is 0.190. The van der Waals surface area contributed by atoms with E-state index in [0.717, 1.165) is 11.5 Å². The number of methoxy groups -OCH3 is 1. The summed E-state index contributed by atoms with van der Waals surface area (Å²) in [6.07, 6.45) is -4.58. The van der Waals surface area contributed by atoms with Gasteiger partial charge in [-0.2, -0.15) is 18.4 Å². The Kier molecular flexibility index (Phi) is 6.45. The summed E-state index contributed by atoms with van der Waals surface area (Å²) in [5, 5.41) is 17.7. The number of ether oxygens (including phenoxy) is 1. The number of pyridine rings is 1. The van der Waals surface area contributed by atoms with E-state index in [1.165, 1.54) is 18.2 Å². The van der Waals surface area contributed by atoms with E-state index in [2.05, 4.69) is 27.0 Å². The van der Waals surface area contributed by atoms with Crippen molar-refractivity contribution in [3.8, 4) is 11.8 Å². The van der Waals surface area contributed by atoms with Crippen LogP contribution >= 0.6 is 0 Å². The average Bonchev–Trinajstić information content (AvgIpc) is 2.75. The molecule has 0 saturated heterocycles. The molecule has 0 unspecified atom stereocenters. The van der Waals surface area contributed by atoms with Gasteiger partial charge in [-0.05, 0) is 36.4 Å². The van der Waals surface area contributed by atoms with Gasteiger partial charge in [-0.15, -0.1) is 0 Å². The minimum absolute atomic E-state index is 0.0905. The van der Waals surface area contributed by atoms with Gasteiger partial charge in [0.1, 0.15) is 17.6 Å². The van der Waals surface area contributed by atoms with Crippen LogP contribution in [0.1, 0.15) is 11.1 Å². The first kappa shape index (κ1) is 21.7. The highest BCUT2D eigenvalue weighted by Gasteiger charge is 2.33. The second-order valence-electron chi connectivity index (χ2n) is 6.41. The lowest BCUT2D eigenvalue weighted by atomic mass is 10.1. The first-order valence-electron chi connectivity index (χ1n) is 9.15. The van der Waals surface area contributed by atoms with E-state index in [0.29, 0.717) is 22.6 Å². The molecule has 0 aliphatic carbocycles. The van der Waals surface area contributed by atoms with Gasteiger partial charge in [-0.1, -0.05) is 12.1 Å². The van der Waals surface area contributed by atoms with Gasteiger partial charge >= 0.3 is 12.2 Å². The number of para-hydroxylation sites is 1. The van der Waals surface area contributed by atoms with Crippen LogP contribution in [0.5, 0.6) is 5.75 Å². The molecular weight excluding hydrogens is 411 g/mol. The van der Waals surface area contributed by atoms with Crippen LogP contribution in [0.2, 0.25) is 0 Å². The zero-order chi connectivity index (χ0) is 22.4. The van der Waals surface area contributed by atoms with Crippen LogP contribution in [-0.2, 0) is 6.18 Å². The fourth-order valence-corrected chi connectivity index (χ4v) is 2.86. The maximum absolute atomic E-state index is 13.0. The van der Waals surface area contributed by atoms with Crippen LogP contribution in [0.25, 0.3) is 10.9 Å². The molecule has 2 amide bonds. The minimum atomic E-state index is -4.58. The SMILES string of the molecule is COc1ccc2nc(NCCNC(=O)Nc3ccccc3C(F)(F)F)c(C#N)cc2c1. The highest BCUT2D eigenvalue weighted by Crippen LogP contribution is 2.34. The van der Waals surface area contributed by atoms with Crippen LogP contribution < -0.4 is 20.7 Å². The van der Waals surface area contributed by atoms with Gasteiger partial charge in [-0.25, -0.2) is 9.78 Å². The summed E-state index contributed by atoms with van der Waals surface area (Å²) in [5.74, 6) is 0.978. The molecule has 0 spiro atoms. The second-order valence-corrected chi connectivity index (χ2v) is 6.41. The molecule has 0 aliphatic heterocycles. The van der Waals surface area contributed by atoms with Crippen LogP contribution in [-0.4, -0.2) is 31.2 Å². The Morgan fingerprint density at radius 1 is 1.16 bits per heavy atom. The summed E-state index contributed by atoms with van der Waals surface area (Å²) in [7, 11) is 1.54. The zero-order valence-corrected chi connectivity index (χ0v) is 16.4. The third-order valence-corrected chi connectivity index (χ3v) is 4.33. The van der Waals surface area contributed by atoms with Crippen LogP contribution in [0.3, 0.4) is 0 Å². The maximum Gasteiger partial charge on any atom is 0.418 e. The number of nitrogens with zero attached hydrogens (tertiary/aromatic N) is 2. The fourth-order valence-electron chi connectivity index (χ4n) is 2.86. The van der Waals surface area contributed by atoms with Crippen LogP contribution in [0, 0.1) is 11.3 Å². The van der Waals surface area contributed by atoms with Gasteiger partial charge < -0.3 is 20.7 Å². The number of urea groups is 1. The van der Waals surface area contributed by atoms with E-state index in [1.54, 1.807) is 31.4 Å². The average molecular weight is 429 g/mol. The number of anilines is 2. The first-order chi connectivity index (χ1) is 14.8. The smallest absolute Gasteiger partial charge is 0.418 e. The zero-order valence-electron chi connectivity index (χ0n) is 16.4. The summed E-state index contributed by atoms with van der Waals surface area (Å²) in [6, 6.07) is 12.9. The Hall–Kier alpha value is -4.00. The van der Waals surface area contributed by atoms with Gasteiger partial charge in [0.15, 0.2) is 0 Å². The third kappa shape index (κ3) is 5.33. The monoisotopic (exact) mass is 429 g/mol. The molecule has 7 nitrogen and oxygen atoms in total. The number of rotatable bonds is 6. The normalized spacial score (nSPS) is 10.9. The standard InChI is InChI=1S/C21H18F3N5O2/c1-31-15-6-7-17-13(11-15)10-14(12-25)19(28-17)26-8-9-27-20(30)29-18-5-3-2-4-16(18)21(22,23)24/h2-7,10-11H,8-9H2,1H3,(H,26,28)(H2,27,29,30). The lowest BCUT2D eigenvalue weighted by Crippen LogP contribution is -2.33. The Labute approximate surface area is 175 Å². The number of alkyl halides is 3. The highest BCUT2D eigenvalue weighted by atomic mass is 19.4. The van der Waals surface area contributed by atoms with Crippen molar-refractivity contribution in [1.82, 2.24) is 10.3 Å². The third-order valence-electron chi connectivity index (χ3n) is 4.33. The number of benzene rings is 2. The van der Waals surface area contributed by atoms with Crippen molar-refractivity contribution in [2.45, 2.75) is 6.18 Å². The molecule has 1 heterocycles. The van der Waals surface area contributed by atoms with Crippen LogP contribution in [0.15, 0.2) is 48.5 Å². The number of hydrogen-bond acceptors (Lipinski definition) is 5.